The number of rotatable bonds is 4. The number of carbonyl (C=O) groups is 1. The van der Waals surface area contributed by atoms with Gasteiger partial charge in [-0.15, -0.1) is 0 Å². The first-order valence-corrected chi connectivity index (χ1v) is 9.38. The molecule has 0 amide bonds. The molecule has 0 radical (unpaired) electrons. The van der Waals surface area contributed by atoms with Crippen molar-refractivity contribution in [3.8, 4) is 0 Å². The number of hydrogen-bond acceptors (Lipinski definition) is 5. The quantitative estimate of drug-likeness (QED) is 0.662. The van der Waals surface area contributed by atoms with Crippen LogP contribution >= 0.6 is 7.60 Å². The highest BCUT2D eigenvalue weighted by atomic mass is 31.2. The van der Waals surface area contributed by atoms with Gasteiger partial charge in [0.1, 0.15) is 0 Å². The summed E-state index contributed by atoms with van der Waals surface area (Å²) in [5.74, 6) is -0.909. The predicted molar refractivity (Wildman–Crippen MR) is 85.5 cm³/mol. The maximum Gasteiger partial charge on any atom is 0.359 e. The summed E-state index contributed by atoms with van der Waals surface area (Å²) in [6.07, 6.45) is 1.80. The van der Waals surface area contributed by atoms with Crippen molar-refractivity contribution >= 4 is 18.9 Å². The van der Waals surface area contributed by atoms with E-state index in [0.29, 0.717) is 6.42 Å². The first kappa shape index (κ1) is 16.7. The number of carbonyl (C=O) groups excluding carboxylic acids is 1. The zero-order valence-electron chi connectivity index (χ0n) is 13.3. The lowest BCUT2D eigenvalue weighted by atomic mass is 9.88. The molecule has 2 saturated heterocycles. The molecule has 6 nitrogen and oxygen atoms in total. The van der Waals surface area contributed by atoms with Gasteiger partial charge >= 0.3 is 13.6 Å². The van der Waals surface area contributed by atoms with Crippen molar-refractivity contribution in [2.45, 2.75) is 37.5 Å². The lowest BCUT2D eigenvalue weighted by molar-refractivity contribution is -0.154. The maximum absolute atomic E-state index is 12.6. The second-order valence-electron chi connectivity index (χ2n) is 6.25. The van der Waals surface area contributed by atoms with Crippen LogP contribution in [0.3, 0.4) is 0 Å². The number of nitrogens with zero attached hydrogens (tertiary/aromatic N) is 1. The fraction of sp³-hybridized carbons (Fsp3) is 0.562. The topological polar surface area (TPSA) is 76.1 Å². The van der Waals surface area contributed by atoms with E-state index in [9.17, 15) is 14.3 Å². The molecule has 0 saturated carbocycles. The minimum absolute atomic E-state index is 0.00183. The Balaban J connectivity index is 1.86. The summed E-state index contributed by atoms with van der Waals surface area (Å²) in [6, 6.07) is 8.57. The van der Waals surface area contributed by atoms with E-state index in [1.54, 1.807) is 30.3 Å². The third-order valence-electron chi connectivity index (χ3n) is 5.05. The van der Waals surface area contributed by atoms with E-state index in [2.05, 4.69) is 4.90 Å². The van der Waals surface area contributed by atoms with E-state index in [-0.39, 0.29) is 23.4 Å². The molecule has 2 heterocycles. The van der Waals surface area contributed by atoms with Gasteiger partial charge in [0.15, 0.2) is 0 Å². The second-order valence-corrected chi connectivity index (χ2v) is 8.02. The lowest BCUT2D eigenvalue weighted by Gasteiger charge is -2.41. The maximum atomic E-state index is 12.6. The SMILES string of the molecule is COC(=O)[C@H]1[C@@H](OP(=O)(O)c2ccccc2)C[C@@H]2CC[C@H]1N2C. The number of esters is 1. The minimum Gasteiger partial charge on any atom is -0.469 e. The molecule has 0 aromatic heterocycles. The van der Waals surface area contributed by atoms with E-state index in [4.69, 9.17) is 9.26 Å². The summed E-state index contributed by atoms with van der Waals surface area (Å²) in [7, 11) is -0.638. The third kappa shape index (κ3) is 3.09. The zero-order valence-corrected chi connectivity index (χ0v) is 14.2. The van der Waals surface area contributed by atoms with Crippen molar-refractivity contribution in [3.05, 3.63) is 30.3 Å². The Hall–Kier alpha value is -1.20. The van der Waals surface area contributed by atoms with Crippen LogP contribution in [0.2, 0.25) is 0 Å². The third-order valence-corrected chi connectivity index (χ3v) is 6.56. The molecule has 2 aliphatic rings. The number of ether oxygens (including phenoxy) is 1. The number of methoxy groups -OCH3 is 1. The predicted octanol–water partition coefficient (Wildman–Crippen LogP) is 1.54. The smallest absolute Gasteiger partial charge is 0.359 e. The molecule has 1 aromatic carbocycles. The van der Waals surface area contributed by atoms with Gasteiger partial charge in [-0.3, -0.25) is 14.3 Å². The van der Waals surface area contributed by atoms with Gasteiger partial charge in [-0.2, -0.15) is 0 Å². The fourth-order valence-electron chi connectivity index (χ4n) is 3.84. The number of benzene rings is 1. The molecule has 1 N–H and O–H groups in total. The average Bonchev–Trinajstić information content (AvgIpc) is 2.79. The molecule has 2 aliphatic heterocycles. The van der Waals surface area contributed by atoms with E-state index in [1.807, 2.05) is 7.05 Å². The van der Waals surface area contributed by atoms with Crippen LogP contribution in [0.4, 0.5) is 0 Å². The van der Waals surface area contributed by atoms with Crippen molar-refractivity contribution in [1.82, 2.24) is 4.90 Å². The van der Waals surface area contributed by atoms with Crippen molar-refractivity contribution in [1.29, 1.82) is 0 Å². The molecule has 1 aromatic rings. The van der Waals surface area contributed by atoms with Crippen LogP contribution in [0.5, 0.6) is 0 Å². The van der Waals surface area contributed by atoms with Crippen molar-refractivity contribution in [3.63, 3.8) is 0 Å². The molecule has 1 unspecified atom stereocenters. The minimum atomic E-state index is -3.97. The van der Waals surface area contributed by atoms with Gasteiger partial charge in [0.2, 0.25) is 0 Å². The molecule has 2 bridgehead atoms. The monoisotopic (exact) mass is 339 g/mol. The standard InChI is InChI=1S/C16H22NO5P/c1-17-11-8-9-13(17)15(16(18)21-2)14(10-11)22-23(19,20)12-6-4-3-5-7-12/h3-7,11,13-15H,8-10H2,1-2H3,(H,19,20)/t11-,13+,14-,15+/m0/s1. The highest BCUT2D eigenvalue weighted by molar-refractivity contribution is 7.61. The Morgan fingerprint density at radius 2 is 2.00 bits per heavy atom. The Kier molecular flexibility index (Phi) is 4.61. The van der Waals surface area contributed by atoms with Crippen LogP contribution in [0.25, 0.3) is 0 Å². The summed E-state index contributed by atoms with van der Waals surface area (Å²) < 4.78 is 23.2. The van der Waals surface area contributed by atoms with Gasteiger partial charge in [0, 0.05) is 12.1 Å². The van der Waals surface area contributed by atoms with E-state index < -0.39 is 19.6 Å². The van der Waals surface area contributed by atoms with Crippen LogP contribution < -0.4 is 5.30 Å². The second kappa shape index (κ2) is 6.36. The summed E-state index contributed by atoms with van der Waals surface area (Å²) >= 11 is 0. The molecular formula is C16H22NO5P. The Bertz CT molecular complexity index is 622. The van der Waals surface area contributed by atoms with Crippen LogP contribution in [0.1, 0.15) is 19.3 Å². The van der Waals surface area contributed by atoms with Gasteiger partial charge < -0.3 is 14.2 Å². The summed E-state index contributed by atoms with van der Waals surface area (Å²) in [5.41, 5.74) is 0. The van der Waals surface area contributed by atoms with Crippen molar-refractivity contribution < 1.29 is 23.5 Å². The van der Waals surface area contributed by atoms with Crippen molar-refractivity contribution in [2.75, 3.05) is 14.2 Å². The van der Waals surface area contributed by atoms with Gasteiger partial charge in [0.25, 0.3) is 0 Å². The Morgan fingerprint density at radius 3 is 2.65 bits per heavy atom. The fourth-order valence-corrected chi connectivity index (χ4v) is 5.09. The van der Waals surface area contributed by atoms with Gasteiger partial charge in [-0.1, -0.05) is 18.2 Å². The molecular weight excluding hydrogens is 317 g/mol. The van der Waals surface area contributed by atoms with E-state index in [1.165, 1.54) is 7.11 Å². The number of piperidine rings is 1. The molecule has 2 fully saturated rings. The van der Waals surface area contributed by atoms with Crippen LogP contribution in [-0.4, -0.2) is 48.1 Å². The number of fused-ring (bicyclic) bond motifs is 2. The normalized spacial score (nSPS) is 33.2. The summed E-state index contributed by atoms with van der Waals surface area (Å²) in [6.45, 7) is 0. The van der Waals surface area contributed by atoms with E-state index in [0.717, 1.165) is 12.8 Å². The lowest BCUT2D eigenvalue weighted by Crippen LogP contribution is -2.53. The highest BCUT2D eigenvalue weighted by Crippen LogP contribution is 2.48. The first-order chi connectivity index (χ1) is 10.9. The molecule has 23 heavy (non-hydrogen) atoms. The van der Waals surface area contributed by atoms with Gasteiger partial charge in [0.05, 0.1) is 24.4 Å². The Morgan fingerprint density at radius 1 is 1.30 bits per heavy atom. The number of hydrogen-bond donors (Lipinski definition) is 1. The zero-order chi connectivity index (χ0) is 16.6. The molecule has 0 spiro atoms. The van der Waals surface area contributed by atoms with Crippen LogP contribution in [0.15, 0.2) is 30.3 Å². The summed E-state index contributed by atoms with van der Waals surface area (Å²) in [4.78, 5) is 24.7. The average molecular weight is 339 g/mol. The molecule has 7 heteroatoms. The summed E-state index contributed by atoms with van der Waals surface area (Å²) in [5, 5.41) is 0.245. The first-order valence-electron chi connectivity index (χ1n) is 7.80. The van der Waals surface area contributed by atoms with Gasteiger partial charge in [-0.05, 0) is 38.4 Å². The largest absolute Gasteiger partial charge is 0.469 e. The molecule has 0 aliphatic carbocycles. The molecule has 126 valence electrons. The van der Waals surface area contributed by atoms with Crippen molar-refractivity contribution in [2.24, 2.45) is 5.92 Å². The molecule has 3 rings (SSSR count). The Labute approximate surface area is 135 Å². The van der Waals surface area contributed by atoms with Crippen LogP contribution in [0, 0.1) is 5.92 Å². The van der Waals surface area contributed by atoms with Gasteiger partial charge in [-0.25, -0.2) is 0 Å². The van der Waals surface area contributed by atoms with Crippen LogP contribution in [-0.2, 0) is 18.6 Å². The highest BCUT2D eigenvalue weighted by Gasteiger charge is 2.51. The van der Waals surface area contributed by atoms with E-state index >= 15 is 0 Å². The molecule has 5 atom stereocenters.